The normalized spacial score (nSPS) is 12.6. The lowest BCUT2D eigenvalue weighted by molar-refractivity contribution is 0.273. The highest BCUT2D eigenvalue weighted by atomic mass is 15.1. The van der Waals surface area contributed by atoms with Gasteiger partial charge in [-0.15, -0.1) is 0 Å². The molecule has 0 aromatic heterocycles. The van der Waals surface area contributed by atoms with Crippen LogP contribution in [0.3, 0.4) is 0 Å². The standard InChI is InChI=1S/C9H21N/c1-6-10(5)8-7-9(2,3)4/h6-8H2,1-5H3. The van der Waals surface area contributed by atoms with Gasteiger partial charge in [0.05, 0.1) is 0 Å². The van der Waals surface area contributed by atoms with Gasteiger partial charge in [-0.05, 0) is 32.0 Å². The van der Waals surface area contributed by atoms with Crippen LogP contribution in [-0.4, -0.2) is 25.0 Å². The zero-order valence-corrected chi connectivity index (χ0v) is 8.07. The smallest absolute Gasteiger partial charge is 0.00169 e. The Bertz CT molecular complexity index is 81.2. The Morgan fingerprint density at radius 1 is 1.20 bits per heavy atom. The molecule has 62 valence electrons. The SMILES string of the molecule is CCN(C)CCC(C)(C)C. The molecule has 0 rings (SSSR count). The van der Waals surface area contributed by atoms with Gasteiger partial charge in [0.25, 0.3) is 0 Å². The molecule has 0 atom stereocenters. The van der Waals surface area contributed by atoms with Crippen molar-refractivity contribution in [1.29, 1.82) is 0 Å². The van der Waals surface area contributed by atoms with Crippen molar-refractivity contribution in [1.82, 2.24) is 4.90 Å². The fourth-order valence-corrected chi connectivity index (χ4v) is 0.684. The van der Waals surface area contributed by atoms with Gasteiger partial charge in [-0.3, -0.25) is 0 Å². The molecule has 0 aliphatic rings. The van der Waals surface area contributed by atoms with Crippen LogP contribution in [0.5, 0.6) is 0 Å². The van der Waals surface area contributed by atoms with Crippen LogP contribution in [0.25, 0.3) is 0 Å². The third kappa shape index (κ3) is 6.09. The molecule has 0 radical (unpaired) electrons. The molecule has 0 unspecified atom stereocenters. The fraction of sp³-hybridized carbons (Fsp3) is 1.00. The first-order chi connectivity index (χ1) is 4.45. The summed E-state index contributed by atoms with van der Waals surface area (Å²) < 4.78 is 0. The second-order valence-corrected chi connectivity index (χ2v) is 4.21. The highest BCUT2D eigenvalue weighted by molar-refractivity contribution is 4.63. The fourth-order valence-electron chi connectivity index (χ4n) is 0.684. The molecule has 0 saturated carbocycles. The molecule has 0 amide bonds. The third-order valence-corrected chi connectivity index (χ3v) is 1.78. The molecule has 0 heterocycles. The molecule has 0 spiro atoms. The van der Waals surface area contributed by atoms with Gasteiger partial charge >= 0.3 is 0 Å². The molecule has 0 aliphatic carbocycles. The van der Waals surface area contributed by atoms with Gasteiger partial charge in [-0.2, -0.15) is 0 Å². The highest BCUT2D eigenvalue weighted by Crippen LogP contribution is 2.17. The van der Waals surface area contributed by atoms with Crippen LogP contribution in [-0.2, 0) is 0 Å². The van der Waals surface area contributed by atoms with E-state index < -0.39 is 0 Å². The van der Waals surface area contributed by atoms with Crippen LogP contribution < -0.4 is 0 Å². The summed E-state index contributed by atoms with van der Waals surface area (Å²) in [5, 5.41) is 0. The molecule has 1 nitrogen and oxygen atoms in total. The maximum Gasteiger partial charge on any atom is -0.00169 e. The highest BCUT2D eigenvalue weighted by Gasteiger charge is 2.09. The minimum Gasteiger partial charge on any atom is -0.307 e. The molecule has 0 aliphatic heterocycles. The lowest BCUT2D eigenvalue weighted by Crippen LogP contribution is -2.22. The minimum atomic E-state index is 0.490. The summed E-state index contributed by atoms with van der Waals surface area (Å²) in [4.78, 5) is 2.35. The summed E-state index contributed by atoms with van der Waals surface area (Å²) in [7, 11) is 2.17. The van der Waals surface area contributed by atoms with E-state index in [1.807, 2.05) is 0 Å². The summed E-state index contributed by atoms with van der Waals surface area (Å²) >= 11 is 0. The Balaban J connectivity index is 3.36. The number of hydrogen-bond acceptors (Lipinski definition) is 1. The van der Waals surface area contributed by atoms with Crippen molar-refractivity contribution in [2.45, 2.75) is 34.1 Å². The number of rotatable bonds is 3. The zero-order chi connectivity index (χ0) is 8.20. The van der Waals surface area contributed by atoms with E-state index in [2.05, 4.69) is 39.6 Å². The van der Waals surface area contributed by atoms with E-state index in [0.717, 1.165) is 6.54 Å². The Morgan fingerprint density at radius 3 is 2.00 bits per heavy atom. The van der Waals surface area contributed by atoms with E-state index in [-0.39, 0.29) is 0 Å². The van der Waals surface area contributed by atoms with E-state index in [9.17, 15) is 0 Å². The monoisotopic (exact) mass is 143 g/mol. The Hall–Kier alpha value is -0.0400. The van der Waals surface area contributed by atoms with Crippen LogP contribution in [0.1, 0.15) is 34.1 Å². The average Bonchev–Trinajstić information content (AvgIpc) is 1.81. The van der Waals surface area contributed by atoms with Gasteiger partial charge in [0.1, 0.15) is 0 Å². The number of hydrogen-bond donors (Lipinski definition) is 0. The largest absolute Gasteiger partial charge is 0.307 e. The van der Waals surface area contributed by atoms with Gasteiger partial charge < -0.3 is 4.90 Å². The van der Waals surface area contributed by atoms with E-state index in [1.54, 1.807) is 0 Å². The van der Waals surface area contributed by atoms with Gasteiger partial charge in [-0.25, -0.2) is 0 Å². The topological polar surface area (TPSA) is 3.24 Å². The number of nitrogens with zero attached hydrogens (tertiary/aromatic N) is 1. The Labute approximate surface area is 65.4 Å². The Kier molecular flexibility index (Phi) is 3.95. The van der Waals surface area contributed by atoms with Crippen LogP contribution >= 0.6 is 0 Å². The van der Waals surface area contributed by atoms with E-state index in [4.69, 9.17) is 0 Å². The second kappa shape index (κ2) is 3.97. The van der Waals surface area contributed by atoms with Crippen molar-refractivity contribution in [3.05, 3.63) is 0 Å². The summed E-state index contributed by atoms with van der Waals surface area (Å²) in [6, 6.07) is 0. The minimum absolute atomic E-state index is 0.490. The van der Waals surface area contributed by atoms with Crippen molar-refractivity contribution in [2.24, 2.45) is 5.41 Å². The molecule has 0 N–H and O–H groups in total. The zero-order valence-electron chi connectivity index (χ0n) is 8.07. The van der Waals surface area contributed by atoms with Crippen molar-refractivity contribution in [3.8, 4) is 0 Å². The van der Waals surface area contributed by atoms with Crippen molar-refractivity contribution in [3.63, 3.8) is 0 Å². The second-order valence-electron chi connectivity index (χ2n) is 4.21. The van der Waals surface area contributed by atoms with Crippen LogP contribution in [0, 0.1) is 5.41 Å². The average molecular weight is 143 g/mol. The molecular formula is C9H21N. The van der Waals surface area contributed by atoms with E-state index in [0.29, 0.717) is 5.41 Å². The van der Waals surface area contributed by atoms with Gasteiger partial charge in [0.2, 0.25) is 0 Å². The Morgan fingerprint density at radius 2 is 1.70 bits per heavy atom. The predicted molar refractivity (Wildman–Crippen MR) is 47.2 cm³/mol. The lowest BCUT2D eigenvalue weighted by Gasteiger charge is -2.22. The molecule has 0 aromatic carbocycles. The molecule has 1 heteroatoms. The maximum absolute atomic E-state index is 2.35. The molecule has 0 saturated heterocycles. The molecule has 0 fully saturated rings. The quantitative estimate of drug-likeness (QED) is 0.586. The molecule has 10 heavy (non-hydrogen) atoms. The van der Waals surface area contributed by atoms with Crippen LogP contribution in [0.15, 0.2) is 0 Å². The van der Waals surface area contributed by atoms with Crippen LogP contribution in [0.4, 0.5) is 0 Å². The van der Waals surface area contributed by atoms with Crippen molar-refractivity contribution >= 4 is 0 Å². The summed E-state index contributed by atoms with van der Waals surface area (Å²) in [5.74, 6) is 0. The first-order valence-corrected chi connectivity index (χ1v) is 4.14. The molecule has 0 aromatic rings. The van der Waals surface area contributed by atoms with Gasteiger partial charge in [0.15, 0.2) is 0 Å². The predicted octanol–water partition coefficient (Wildman–Crippen LogP) is 2.37. The first-order valence-electron chi connectivity index (χ1n) is 4.14. The van der Waals surface area contributed by atoms with Crippen molar-refractivity contribution in [2.75, 3.05) is 20.1 Å². The molecular weight excluding hydrogens is 122 g/mol. The molecule has 0 bridgehead atoms. The summed E-state index contributed by atoms with van der Waals surface area (Å²) in [6.45, 7) is 11.4. The van der Waals surface area contributed by atoms with E-state index in [1.165, 1.54) is 13.0 Å². The maximum atomic E-state index is 2.35. The first kappa shape index (κ1) is 9.96. The third-order valence-electron chi connectivity index (χ3n) is 1.78. The van der Waals surface area contributed by atoms with Crippen molar-refractivity contribution < 1.29 is 0 Å². The van der Waals surface area contributed by atoms with Gasteiger partial charge in [-0.1, -0.05) is 27.7 Å². The van der Waals surface area contributed by atoms with Gasteiger partial charge in [0, 0.05) is 0 Å². The lowest BCUT2D eigenvalue weighted by atomic mass is 9.92. The summed E-state index contributed by atoms with van der Waals surface area (Å²) in [6.07, 6.45) is 1.29. The van der Waals surface area contributed by atoms with Crippen LogP contribution in [0.2, 0.25) is 0 Å². The summed E-state index contributed by atoms with van der Waals surface area (Å²) in [5.41, 5.74) is 0.490. The van der Waals surface area contributed by atoms with E-state index >= 15 is 0 Å².